The highest BCUT2D eigenvalue weighted by Crippen LogP contribution is 2.39. The highest BCUT2D eigenvalue weighted by atomic mass is 16.5. The average molecular weight is 393 g/mol. The van der Waals surface area contributed by atoms with Gasteiger partial charge >= 0.3 is 0 Å². The lowest BCUT2D eigenvalue weighted by atomic mass is 9.83. The van der Waals surface area contributed by atoms with Crippen molar-refractivity contribution in [2.45, 2.75) is 44.9 Å². The Balaban J connectivity index is 1.73. The number of nitrogens with one attached hydrogen (secondary N) is 1. The lowest BCUT2D eigenvalue weighted by molar-refractivity contribution is 0.122. The van der Waals surface area contributed by atoms with E-state index in [4.69, 9.17) is 9.72 Å². The van der Waals surface area contributed by atoms with E-state index in [1.54, 1.807) is 4.52 Å². The van der Waals surface area contributed by atoms with Gasteiger partial charge in [-0.05, 0) is 31.2 Å². The Hall–Kier alpha value is -2.60. The fraction of sp³-hybridized carbons (Fsp3) is 0.478. The third kappa shape index (κ3) is 3.25. The summed E-state index contributed by atoms with van der Waals surface area (Å²) < 4.78 is 7.15. The quantitative estimate of drug-likeness (QED) is 0.735. The summed E-state index contributed by atoms with van der Waals surface area (Å²) in [6, 6.07) is 10.3. The van der Waals surface area contributed by atoms with Gasteiger partial charge in [0, 0.05) is 18.7 Å². The van der Waals surface area contributed by atoms with Crippen molar-refractivity contribution < 1.29 is 4.74 Å². The molecule has 0 amide bonds. The number of nitrogens with zero attached hydrogens (tertiary/aromatic N) is 3. The van der Waals surface area contributed by atoms with Crippen molar-refractivity contribution in [3.8, 4) is 11.3 Å². The van der Waals surface area contributed by atoms with Gasteiger partial charge in [0.25, 0.3) is 5.56 Å². The molecule has 0 radical (unpaired) electrons. The van der Waals surface area contributed by atoms with E-state index in [-0.39, 0.29) is 5.56 Å². The minimum atomic E-state index is -0.00589. The first-order chi connectivity index (χ1) is 14.2. The molecule has 5 rings (SSSR count). The average Bonchev–Trinajstić information content (AvgIpc) is 3.15. The molecule has 1 aromatic carbocycles. The number of anilines is 1. The smallest absolute Gasteiger partial charge is 0.296 e. The van der Waals surface area contributed by atoms with Crippen molar-refractivity contribution in [3.05, 3.63) is 51.9 Å². The Bertz CT molecular complexity index is 1060. The minimum Gasteiger partial charge on any atom is -0.378 e. The fourth-order valence-electron chi connectivity index (χ4n) is 4.94. The van der Waals surface area contributed by atoms with Gasteiger partial charge in [-0.15, -0.1) is 0 Å². The number of rotatable bonds is 3. The van der Waals surface area contributed by atoms with Crippen LogP contribution in [0.15, 0.2) is 35.1 Å². The van der Waals surface area contributed by atoms with Gasteiger partial charge in [-0.2, -0.15) is 4.52 Å². The van der Waals surface area contributed by atoms with Crippen molar-refractivity contribution >= 4 is 11.3 Å². The van der Waals surface area contributed by atoms with Crippen LogP contribution < -0.4 is 10.5 Å². The fourth-order valence-corrected chi connectivity index (χ4v) is 4.94. The number of morpholine rings is 1. The van der Waals surface area contributed by atoms with Gasteiger partial charge in [0.15, 0.2) is 5.65 Å². The molecule has 1 saturated carbocycles. The number of hydrogen-bond acceptors (Lipinski definition) is 4. The molecule has 2 aliphatic rings. The predicted molar refractivity (Wildman–Crippen MR) is 115 cm³/mol. The largest absolute Gasteiger partial charge is 0.378 e. The highest BCUT2D eigenvalue weighted by Gasteiger charge is 2.28. The maximum absolute atomic E-state index is 13.5. The van der Waals surface area contributed by atoms with Crippen LogP contribution in [-0.2, 0) is 4.74 Å². The lowest BCUT2D eigenvalue weighted by Gasteiger charge is -2.29. The first-order valence-corrected chi connectivity index (χ1v) is 10.8. The molecule has 1 aliphatic heterocycles. The van der Waals surface area contributed by atoms with Gasteiger partial charge in [0.05, 0.1) is 24.6 Å². The van der Waals surface area contributed by atoms with E-state index >= 15 is 0 Å². The Morgan fingerprint density at radius 1 is 1.07 bits per heavy atom. The van der Waals surface area contributed by atoms with E-state index in [1.165, 1.54) is 24.8 Å². The number of aromatic nitrogens is 3. The van der Waals surface area contributed by atoms with Gasteiger partial charge < -0.3 is 9.64 Å². The zero-order valence-electron chi connectivity index (χ0n) is 17.0. The Kier molecular flexibility index (Phi) is 4.87. The molecule has 6 nitrogen and oxygen atoms in total. The van der Waals surface area contributed by atoms with E-state index in [1.807, 2.05) is 25.1 Å². The van der Waals surface area contributed by atoms with Crippen molar-refractivity contribution in [3.63, 3.8) is 0 Å². The van der Waals surface area contributed by atoms with Crippen LogP contribution >= 0.6 is 0 Å². The second kappa shape index (κ2) is 7.67. The molecule has 2 fully saturated rings. The van der Waals surface area contributed by atoms with Crippen LogP contribution in [0.1, 0.15) is 49.3 Å². The SMILES string of the molecule is Cc1nc2c(C3CCCCC3)c(-c3ccccc3)[nH]n2c(=O)c1N1CCOCC1. The van der Waals surface area contributed by atoms with Crippen LogP contribution in [0.2, 0.25) is 0 Å². The van der Waals surface area contributed by atoms with Crippen molar-refractivity contribution in [2.24, 2.45) is 0 Å². The first-order valence-electron chi connectivity index (χ1n) is 10.8. The first kappa shape index (κ1) is 18.4. The molecule has 6 heteroatoms. The third-order valence-corrected chi connectivity index (χ3v) is 6.37. The Morgan fingerprint density at radius 2 is 1.79 bits per heavy atom. The zero-order chi connectivity index (χ0) is 19.8. The Morgan fingerprint density at radius 3 is 2.52 bits per heavy atom. The van der Waals surface area contributed by atoms with Gasteiger partial charge in [-0.1, -0.05) is 49.6 Å². The molecule has 1 aliphatic carbocycles. The summed E-state index contributed by atoms with van der Waals surface area (Å²) in [6.07, 6.45) is 6.10. The van der Waals surface area contributed by atoms with Crippen LogP contribution in [-0.4, -0.2) is 40.9 Å². The van der Waals surface area contributed by atoms with Gasteiger partial charge in [-0.25, -0.2) is 4.98 Å². The molecule has 0 bridgehead atoms. The Labute approximate surface area is 170 Å². The molecule has 0 atom stereocenters. The molecular formula is C23H28N4O2. The molecule has 2 aromatic heterocycles. The number of benzene rings is 1. The monoisotopic (exact) mass is 392 g/mol. The zero-order valence-corrected chi connectivity index (χ0v) is 17.0. The molecule has 1 N–H and O–H groups in total. The normalized spacial score (nSPS) is 18.4. The molecule has 0 unspecified atom stereocenters. The maximum atomic E-state index is 13.5. The van der Waals surface area contributed by atoms with E-state index in [2.05, 4.69) is 22.1 Å². The summed E-state index contributed by atoms with van der Waals surface area (Å²) in [5, 5.41) is 3.44. The van der Waals surface area contributed by atoms with Gasteiger partial charge in [0.1, 0.15) is 5.69 Å². The number of hydrogen-bond donors (Lipinski definition) is 1. The van der Waals surface area contributed by atoms with Gasteiger partial charge in [-0.3, -0.25) is 9.89 Å². The highest BCUT2D eigenvalue weighted by molar-refractivity contribution is 5.73. The molecule has 29 heavy (non-hydrogen) atoms. The lowest BCUT2D eigenvalue weighted by Crippen LogP contribution is -2.40. The van der Waals surface area contributed by atoms with Crippen molar-refractivity contribution in [2.75, 3.05) is 31.2 Å². The summed E-state index contributed by atoms with van der Waals surface area (Å²) >= 11 is 0. The van der Waals surface area contributed by atoms with Crippen LogP contribution in [0.5, 0.6) is 0 Å². The summed E-state index contributed by atoms with van der Waals surface area (Å²) in [5.41, 5.74) is 5.67. The summed E-state index contributed by atoms with van der Waals surface area (Å²) in [6.45, 7) is 4.72. The molecule has 152 valence electrons. The summed E-state index contributed by atoms with van der Waals surface area (Å²) in [7, 11) is 0. The van der Waals surface area contributed by atoms with Crippen LogP contribution in [0.25, 0.3) is 16.9 Å². The molecule has 3 aromatic rings. The molecular weight excluding hydrogens is 364 g/mol. The second-order valence-corrected chi connectivity index (χ2v) is 8.21. The summed E-state index contributed by atoms with van der Waals surface area (Å²) in [4.78, 5) is 20.6. The number of H-pyrrole nitrogens is 1. The maximum Gasteiger partial charge on any atom is 0.296 e. The van der Waals surface area contributed by atoms with E-state index in [0.717, 1.165) is 48.5 Å². The molecule has 3 heterocycles. The third-order valence-electron chi connectivity index (χ3n) is 6.37. The minimum absolute atomic E-state index is 0.00589. The van der Waals surface area contributed by atoms with Crippen LogP contribution in [0, 0.1) is 6.92 Å². The van der Waals surface area contributed by atoms with Crippen molar-refractivity contribution in [1.82, 2.24) is 14.6 Å². The number of fused-ring (bicyclic) bond motifs is 1. The molecule has 0 spiro atoms. The van der Waals surface area contributed by atoms with Crippen LogP contribution in [0.3, 0.4) is 0 Å². The van der Waals surface area contributed by atoms with Crippen molar-refractivity contribution in [1.29, 1.82) is 0 Å². The van der Waals surface area contributed by atoms with E-state index in [0.29, 0.717) is 24.8 Å². The predicted octanol–water partition coefficient (Wildman–Crippen LogP) is 3.88. The number of aryl methyl sites for hydroxylation is 1. The van der Waals surface area contributed by atoms with E-state index in [9.17, 15) is 4.79 Å². The van der Waals surface area contributed by atoms with E-state index < -0.39 is 0 Å². The van der Waals surface area contributed by atoms with Gasteiger partial charge in [0.2, 0.25) is 0 Å². The number of ether oxygens (including phenoxy) is 1. The standard InChI is InChI=1S/C23H28N4O2/c1-16-21(26-12-14-29-15-13-26)23(28)27-22(24-16)19(17-8-4-2-5-9-17)20(25-27)18-10-6-3-7-11-18/h3,6-7,10-11,17,25H,2,4-5,8-9,12-15H2,1H3. The topological polar surface area (TPSA) is 62.6 Å². The van der Waals surface area contributed by atoms with Crippen LogP contribution in [0.4, 0.5) is 5.69 Å². The summed E-state index contributed by atoms with van der Waals surface area (Å²) in [5.74, 6) is 0.445. The number of aromatic amines is 1. The second-order valence-electron chi connectivity index (χ2n) is 8.21. The molecule has 1 saturated heterocycles.